The Morgan fingerprint density at radius 3 is 2.60 bits per heavy atom. The molecule has 0 aliphatic carbocycles. The number of anilines is 1. The average Bonchev–Trinajstić information content (AvgIpc) is 2.78. The predicted octanol–water partition coefficient (Wildman–Crippen LogP) is 1.72. The summed E-state index contributed by atoms with van der Waals surface area (Å²) >= 11 is 1.36. The van der Waals surface area contributed by atoms with Crippen LogP contribution in [-0.4, -0.2) is 37.2 Å². The Bertz CT molecular complexity index is 668. The lowest BCUT2D eigenvalue weighted by molar-refractivity contribution is 0.602. The summed E-state index contributed by atoms with van der Waals surface area (Å²) in [5.41, 5.74) is 0.949. The first-order valence-corrected chi connectivity index (χ1v) is 8.78. The van der Waals surface area contributed by atoms with Crippen molar-refractivity contribution in [1.29, 1.82) is 0 Å². The third kappa shape index (κ3) is 4.86. The van der Waals surface area contributed by atoms with Gasteiger partial charge in [0.1, 0.15) is 20.7 Å². The fraction of sp³-hybridized carbons (Fsp3) is 0.333. The van der Waals surface area contributed by atoms with Gasteiger partial charge < -0.3 is 5.32 Å². The second-order valence-electron chi connectivity index (χ2n) is 4.36. The number of halogens is 1. The van der Waals surface area contributed by atoms with Crippen LogP contribution in [0.1, 0.15) is 10.6 Å². The minimum atomic E-state index is -2.98. The van der Waals surface area contributed by atoms with Crippen molar-refractivity contribution >= 4 is 26.3 Å². The molecule has 0 unspecified atom stereocenters. The van der Waals surface area contributed by atoms with Gasteiger partial charge in [-0.3, -0.25) is 0 Å². The van der Waals surface area contributed by atoms with Crippen molar-refractivity contribution < 1.29 is 12.8 Å². The number of rotatable bonds is 6. The van der Waals surface area contributed by atoms with Gasteiger partial charge >= 0.3 is 0 Å². The lowest BCUT2D eigenvalue weighted by Crippen LogP contribution is -2.13. The van der Waals surface area contributed by atoms with Crippen LogP contribution in [0.4, 0.5) is 9.52 Å². The summed E-state index contributed by atoms with van der Waals surface area (Å²) in [4.78, 5) is 0. The molecule has 5 nitrogen and oxygen atoms in total. The molecular formula is C12H14FN3O2S2. The maximum absolute atomic E-state index is 12.8. The molecule has 0 bridgehead atoms. The highest BCUT2D eigenvalue weighted by molar-refractivity contribution is 7.90. The van der Waals surface area contributed by atoms with Gasteiger partial charge in [-0.05, 0) is 17.7 Å². The molecule has 2 rings (SSSR count). The van der Waals surface area contributed by atoms with Crippen molar-refractivity contribution in [3.63, 3.8) is 0 Å². The number of nitrogens with zero attached hydrogens (tertiary/aromatic N) is 2. The number of sulfone groups is 1. The maximum atomic E-state index is 12.8. The van der Waals surface area contributed by atoms with Gasteiger partial charge in [0.15, 0.2) is 0 Å². The second kappa shape index (κ2) is 6.27. The molecule has 0 saturated heterocycles. The van der Waals surface area contributed by atoms with E-state index >= 15 is 0 Å². The number of hydrogen-bond acceptors (Lipinski definition) is 6. The Morgan fingerprint density at radius 2 is 1.95 bits per heavy atom. The van der Waals surface area contributed by atoms with E-state index in [2.05, 4.69) is 15.5 Å². The SMILES string of the molecule is CS(=O)(=O)CCNc1nnc(Cc2ccc(F)cc2)s1. The van der Waals surface area contributed by atoms with Crippen LogP contribution in [0, 0.1) is 5.82 Å². The zero-order chi connectivity index (χ0) is 14.6. The molecule has 0 amide bonds. The normalized spacial score (nSPS) is 11.5. The highest BCUT2D eigenvalue weighted by Gasteiger charge is 2.07. The zero-order valence-electron chi connectivity index (χ0n) is 10.8. The van der Waals surface area contributed by atoms with Gasteiger partial charge in [-0.1, -0.05) is 23.5 Å². The molecule has 0 aliphatic rings. The van der Waals surface area contributed by atoms with Gasteiger partial charge in [0.25, 0.3) is 0 Å². The van der Waals surface area contributed by atoms with E-state index in [1.807, 2.05) is 0 Å². The molecule has 0 spiro atoms. The third-order valence-corrected chi connectivity index (χ3v) is 4.31. The van der Waals surface area contributed by atoms with Crippen LogP contribution in [0.5, 0.6) is 0 Å². The van der Waals surface area contributed by atoms with E-state index < -0.39 is 9.84 Å². The Labute approximate surface area is 120 Å². The largest absolute Gasteiger partial charge is 0.359 e. The Balaban J connectivity index is 1.90. The smallest absolute Gasteiger partial charge is 0.205 e. The minimum absolute atomic E-state index is 0.0554. The molecule has 0 atom stereocenters. The van der Waals surface area contributed by atoms with Crippen molar-refractivity contribution in [3.8, 4) is 0 Å². The molecule has 0 saturated carbocycles. The fourth-order valence-electron chi connectivity index (χ4n) is 1.52. The van der Waals surface area contributed by atoms with E-state index in [1.165, 1.54) is 29.7 Å². The van der Waals surface area contributed by atoms with Crippen LogP contribution in [0.2, 0.25) is 0 Å². The van der Waals surface area contributed by atoms with Crippen LogP contribution >= 0.6 is 11.3 Å². The van der Waals surface area contributed by atoms with Gasteiger partial charge in [0, 0.05) is 19.2 Å². The topological polar surface area (TPSA) is 72.0 Å². The van der Waals surface area contributed by atoms with E-state index in [9.17, 15) is 12.8 Å². The molecule has 0 aliphatic heterocycles. The fourth-order valence-corrected chi connectivity index (χ4v) is 2.79. The first-order valence-electron chi connectivity index (χ1n) is 5.91. The van der Waals surface area contributed by atoms with Crippen molar-refractivity contribution in [2.45, 2.75) is 6.42 Å². The molecular weight excluding hydrogens is 301 g/mol. The van der Waals surface area contributed by atoms with Crippen LogP contribution in [0.25, 0.3) is 0 Å². The van der Waals surface area contributed by atoms with Crippen LogP contribution in [0.15, 0.2) is 24.3 Å². The number of benzene rings is 1. The highest BCUT2D eigenvalue weighted by Crippen LogP contribution is 2.18. The first kappa shape index (κ1) is 14.9. The Morgan fingerprint density at radius 1 is 1.25 bits per heavy atom. The Kier molecular flexibility index (Phi) is 4.66. The molecule has 20 heavy (non-hydrogen) atoms. The van der Waals surface area contributed by atoms with E-state index in [0.717, 1.165) is 10.6 Å². The van der Waals surface area contributed by atoms with Crippen molar-refractivity contribution in [1.82, 2.24) is 10.2 Å². The molecule has 8 heteroatoms. The minimum Gasteiger partial charge on any atom is -0.359 e. The molecule has 1 aromatic carbocycles. The predicted molar refractivity (Wildman–Crippen MR) is 77.3 cm³/mol. The van der Waals surface area contributed by atoms with Gasteiger partial charge in [0.2, 0.25) is 5.13 Å². The van der Waals surface area contributed by atoms with Gasteiger partial charge in [-0.15, -0.1) is 10.2 Å². The van der Waals surface area contributed by atoms with Gasteiger partial charge in [0.05, 0.1) is 5.75 Å². The molecule has 1 N–H and O–H groups in total. The summed E-state index contributed by atoms with van der Waals surface area (Å²) in [6.07, 6.45) is 1.76. The Hall–Kier alpha value is -1.54. The molecule has 0 fully saturated rings. The van der Waals surface area contributed by atoms with Crippen LogP contribution in [-0.2, 0) is 16.3 Å². The van der Waals surface area contributed by atoms with E-state index in [4.69, 9.17) is 0 Å². The van der Waals surface area contributed by atoms with Crippen molar-refractivity contribution in [3.05, 3.63) is 40.7 Å². The lowest BCUT2D eigenvalue weighted by atomic mass is 10.2. The van der Waals surface area contributed by atoms with Gasteiger partial charge in [-0.2, -0.15) is 0 Å². The molecule has 2 aromatic rings. The molecule has 1 heterocycles. The van der Waals surface area contributed by atoms with Gasteiger partial charge in [-0.25, -0.2) is 12.8 Å². The summed E-state index contributed by atoms with van der Waals surface area (Å²) in [5.74, 6) is -0.214. The average molecular weight is 315 g/mol. The molecule has 1 aromatic heterocycles. The summed E-state index contributed by atoms with van der Waals surface area (Å²) in [6.45, 7) is 0.310. The summed E-state index contributed by atoms with van der Waals surface area (Å²) in [6, 6.07) is 6.21. The summed E-state index contributed by atoms with van der Waals surface area (Å²) in [5, 5.41) is 12.3. The third-order valence-electron chi connectivity index (χ3n) is 2.48. The molecule has 108 valence electrons. The van der Waals surface area contributed by atoms with E-state index in [-0.39, 0.29) is 11.6 Å². The van der Waals surface area contributed by atoms with Crippen LogP contribution < -0.4 is 5.32 Å². The summed E-state index contributed by atoms with van der Waals surface area (Å²) in [7, 11) is -2.98. The standard InChI is InChI=1S/C12H14FN3O2S2/c1-20(17,18)7-6-14-12-16-15-11(19-12)8-9-2-4-10(13)5-3-9/h2-5H,6-8H2,1H3,(H,14,16). The van der Waals surface area contributed by atoms with Crippen molar-refractivity contribution in [2.24, 2.45) is 0 Å². The number of hydrogen-bond donors (Lipinski definition) is 1. The second-order valence-corrected chi connectivity index (χ2v) is 7.68. The lowest BCUT2D eigenvalue weighted by Gasteiger charge is -1.99. The van der Waals surface area contributed by atoms with E-state index in [1.54, 1.807) is 12.1 Å². The van der Waals surface area contributed by atoms with Crippen LogP contribution in [0.3, 0.4) is 0 Å². The highest BCUT2D eigenvalue weighted by atomic mass is 32.2. The first-order chi connectivity index (χ1) is 9.42. The number of nitrogens with one attached hydrogen (secondary N) is 1. The number of aromatic nitrogens is 2. The quantitative estimate of drug-likeness (QED) is 0.879. The van der Waals surface area contributed by atoms with Crippen molar-refractivity contribution in [2.75, 3.05) is 23.9 Å². The monoisotopic (exact) mass is 315 g/mol. The zero-order valence-corrected chi connectivity index (χ0v) is 12.5. The molecule has 0 radical (unpaired) electrons. The van der Waals surface area contributed by atoms with E-state index in [0.29, 0.717) is 18.1 Å². The maximum Gasteiger partial charge on any atom is 0.205 e. The summed E-state index contributed by atoms with van der Waals surface area (Å²) < 4.78 is 34.8.